The van der Waals surface area contributed by atoms with E-state index in [1.807, 2.05) is 4.90 Å². The molecule has 0 aliphatic carbocycles. The third kappa shape index (κ3) is 24.0. The molecule has 0 radical (unpaired) electrons. The standard InChI is InChI=1S/C24H53N3O3/c1-2-3-4-5-6-7-8-9-10-11-12-13-14-15-16-17-21-27(23-24(28,29)30)22-20-26-19-18-25/h26,28-30H,2-23,25H2,1H3. The van der Waals surface area contributed by atoms with Crippen LogP contribution in [-0.4, -0.2) is 65.5 Å². The average molecular weight is 432 g/mol. The van der Waals surface area contributed by atoms with Gasteiger partial charge in [-0.15, -0.1) is 0 Å². The van der Waals surface area contributed by atoms with Crippen LogP contribution in [0.2, 0.25) is 0 Å². The van der Waals surface area contributed by atoms with E-state index in [9.17, 15) is 15.3 Å². The minimum absolute atomic E-state index is 0.143. The zero-order chi connectivity index (χ0) is 22.3. The molecular weight excluding hydrogens is 378 g/mol. The Bertz CT molecular complexity index is 338. The highest BCUT2D eigenvalue weighted by molar-refractivity contribution is 4.64. The quantitative estimate of drug-likeness (QED) is 0.118. The molecule has 0 saturated heterocycles. The Labute approximate surface area is 186 Å². The summed E-state index contributed by atoms with van der Waals surface area (Å²) in [5.41, 5.74) is 5.45. The molecule has 0 aromatic heterocycles. The van der Waals surface area contributed by atoms with Crippen LogP contribution in [0.15, 0.2) is 0 Å². The van der Waals surface area contributed by atoms with Crippen LogP contribution >= 0.6 is 0 Å². The van der Waals surface area contributed by atoms with Gasteiger partial charge in [-0.25, -0.2) is 0 Å². The van der Waals surface area contributed by atoms with Crippen LogP contribution in [-0.2, 0) is 0 Å². The number of rotatable bonds is 24. The molecule has 0 aromatic rings. The van der Waals surface area contributed by atoms with E-state index in [4.69, 9.17) is 5.73 Å². The molecule has 6 N–H and O–H groups in total. The number of nitrogens with zero attached hydrogens (tertiary/aromatic N) is 1. The van der Waals surface area contributed by atoms with Crippen LogP contribution in [0.25, 0.3) is 0 Å². The van der Waals surface area contributed by atoms with Crippen molar-refractivity contribution in [1.82, 2.24) is 10.2 Å². The minimum atomic E-state index is -2.62. The number of hydrogen-bond donors (Lipinski definition) is 5. The SMILES string of the molecule is CCCCCCCCCCCCCCCCCCN(CCNCCN)CC(O)(O)O. The Morgan fingerprint density at radius 3 is 1.47 bits per heavy atom. The second-order valence-corrected chi connectivity index (χ2v) is 8.89. The molecule has 0 spiro atoms. The summed E-state index contributed by atoms with van der Waals surface area (Å²) < 4.78 is 0. The Kier molecular flexibility index (Phi) is 21.8. The predicted molar refractivity (Wildman–Crippen MR) is 127 cm³/mol. The first kappa shape index (κ1) is 29.8. The Morgan fingerprint density at radius 1 is 0.633 bits per heavy atom. The van der Waals surface area contributed by atoms with Crippen molar-refractivity contribution in [3.8, 4) is 0 Å². The first-order chi connectivity index (χ1) is 14.5. The number of unbranched alkanes of at least 4 members (excludes halogenated alkanes) is 15. The molecule has 182 valence electrons. The third-order valence-corrected chi connectivity index (χ3v) is 5.69. The van der Waals surface area contributed by atoms with E-state index >= 15 is 0 Å². The van der Waals surface area contributed by atoms with E-state index in [0.29, 0.717) is 13.1 Å². The monoisotopic (exact) mass is 431 g/mol. The van der Waals surface area contributed by atoms with Gasteiger partial charge in [-0.1, -0.05) is 103 Å². The molecule has 30 heavy (non-hydrogen) atoms. The van der Waals surface area contributed by atoms with E-state index in [2.05, 4.69) is 12.2 Å². The molecule has 0 aliphatic rings. The fourth-order valence-electron chi connectivity index (χ4n) is 3.92. The smallest absolute Gasteiger partial charge is 0.288 e. The van der Waals surface area contributed by atoms with E-state index < -0.39 is 5.97 Å². The van der Waals surface area contributed by atoms with Crippen molar-refractivity contribution in [2.75, 3.05) is 39.3 Å². The predicted octanol–water partition coefficient (Wildman–Crippen LogP) is 3.73. The number of nitrogens with two attached hydrogens (primary N) is 1. The zero-order valence-corrected chi connectivity index (χ0v) is 19.9. The third-order valence-electron chi connectivity index (χ3n) is 5.69. The molecule has 0 fully saturated rings. The normalized spacial score (nSPS) is 12.2. The second kappa shape index (κ2) is 22.0. The van der Waals surface area contributed by atoms with Gasteiger partial charge in [0.15, 0.2) is 0 Å². The lowest BCUT2D eigenvalue weighted by atomic mass is 10.0. The van der Waals surface area contributed by atoms with Crippen LogP contribution in [0.4, 0.5) is 0 Å². The van der Waals surface area contributed by atoms with E-state index in [-0.39, 0.29) is 6.54 Å². The second-order valence-electron chi connectivity index (χ2n) is 8.89. The van der Waals surface area contributed by atoms with Crippen molar-refractivity contribution < 1.29 is 15.3 Å². The Hall–Kier alpha value is -0.240. The summed E-state index contributed by atoms with van der Waals surface area (Å²) in [5.74, 6) is -2.62. The molecule has 0 rings (SSSR count). The van der Waals surface area contributed by atoms with Gasteiger partial charge < -0.3 is 26.4 Å². The van der Waals surface area contributed by atoms with Crippen LogP contribution in [0.1, 0.15) is 110 Å². The van der Waals surface area contributed by atoms with Gasteiger partial charge >= 0.3 is 0 Å². The van der Waals surface area contributed by atoms with E-state index in [0.717, 1.165) is 32.5 Å². The molecule has 6 nitrogen and oxygen atoms in total. The highest BCUT2D eigenvalue weighted by Crippen LogP contribution is 2.14. The van der Waals surface area contributed by atoms with Crippen molar-refractivity contribution >= 4 is 0 Å². The van der Waals surface area contributed by atoms with Crippen molar-refractivity contribution in [3.63, 3.8) is 0 Å². The molecule has 0 heterocycles. The lowest BCUT2D eigenvalue weighted by Crippen LogP contribution is -2.45. The summed E-state index contributed by atoms with van der Waals surface area (Å²) in [4.78, 5) is 1.90. The topological polar surface area (TPSA) is 102 Å². The van der Waals surface area contributed by atoms with E-state index in [1.54, 1.807) is 0 Å². The van der Waals surface area contributed by atoms with Crippen molar-refractivity contribution in [1.29, 1.82) is 0 Å². The molecule has 0 saturated carbocycles. The van der Waals surface area contributed by atoms with Gasteiger partial charge in [0, 0.05) is 26.2 Å². The maximum atomic E-state index is 9.25. The maximum absolute atomic E-state index is 9.25. The Balaban J connectivity index is 3.47. The van der Waals surface area contributed by atoms with Gasteiger partial charge in [0.25, 0.3) is 5.97 Å². The van der Waals surface area contributed by atoms with Gasteiger partial charge in [0.1, 0.15) is 0 Å². The summed E-state index contributed by atoms with van der Waals surface area (Å²) in [6, 6.07) is 0. The highest BCUT2D eigenvalue weighted by Gasteiger charge is 2.22. The van der Waals surface area contributed by atoms with Crippen molar-refractivity contribution in [3.05, 3.63) is 0 Å². The lowest BCUT2D eigenvalue weighted by molar-refractivity contribution is -0.317. The van der Waals surface area contributed by atoms with Crippen LogP contribution in [0.3, 0.4) is 0 Å². The van der Waals surface area contributed by atoms with Gasteiger partial charge in [-0.2, -0.15) is 0 Å². The fraction of sp³-hybridized carbons (Fsp3) is 1.00. The number of hydrogen-bond acceptors (Lipinski definition) is 6. The molecular formula is C24H53N3O3. The maximum Gasteiger partial charge on any atom is 0.288 e. The summed E-state index contributed by atoms with van der Waals surface area (Å²) in [5, 5.41) is 31.0. The van der Waals surface area contributed by atoms with Crippen molar-refractivity contribution in [2.45, 2.75) is 116 Å². The van der Waals surface area contributed by atoms with Crippen LogP contribution in [0, 0.1) is 0 Å². The van der Waals surface area contributed by atoms with Crippen LogP contribution in [0.5, 0.6) is 0 Å². The molecule has 6 heteroatoms. The van der Waals surface area contributed by atoms with Crippen LogP contribution < -0.4 is 11.1 Å². The number of nitrogens with one attached hydrogen (secondary N) is 1. The van der Waals surface area contributed by atoms with Gasteiger partial charge in [-0.05, 0) is 13.0 Å². The average Bonchev–Trinajstić information content (AvgIpc) is 2.69. The lowest BCUT2D eigenvalue weighted by Gasteiger charge is -2.26. The van der Waals surface area contributed by atoms with Gasteiger partial charge in [0.2, 0.25) is 0 Å². The molecule has 0 bridgehead atoms. The Morgan fingerprint density at radius 2 is 1.07 bits per heavy atom. The van der Waals surface area contributed by atoms with Gasteiger partial charge in [0.05, 0.1) is 6.54 Å². The molecule has 0 unspecified atom stereocenters. The first-order valence-corrected chi connectivity index (χ1v) is 12.8. The molecule has 0 atom stereocenters. The summed E-state index contributed by atoms with van der Waals surface area (Å²) in [7, 11) is 0. The zero-order valence-electron chi connectivity index (χ0n) is 19.9. The van der Waals surface area contributed by atoms with Crippen molar-refractivity contribution in [2.24, 2.45) is 5.73 Å². The largest absolute Gasteiger partial charge is 0.343 e. The minimum Gasteiger partial charge on any atom is -0.343 e. The molecule has 0 aliphatic heterocycles. The fourth-order valence-corrected chi connectivity index (χ4v) is 3.92. The number of aliphatic hydroxyl groups is 3. The molecule has 0 aromatic carbocycles. The summed E-state index contributed by atoms with van der Waals surface area (Å²) >= 11 is 0. The summed E-state index contributed by atoms with van der Waals surface area (Å²) in [6.45, 7) is 5.63. The highest BCUT2D eigenvalue weighted by atomic mass is 16.7. The van der Waals surface area contributed by atoms with Gasteiger partial charge in [-0.3, -0.25) is 4.90 Å². The first-order valence-electron chi connectivity index (χ1n) is 12.8. The molecule has 0 amide bonds. The van der Waals surface area contributed by atoms with E-state index in [1.165, 1.54) is 89.9 Å². The summed E-state index contributed by atoms with van der Waals surface area (Å²) in [6.07, 6.45) is 21.4.